The quantitative estimate of drug-likeness (QED) is 0.232. The van der Waals surface area contributed by atoms with Crippen LogP contribution in [0.2, 0.25) is 0 Å². The number of aryl methyl sites for hydroxylation is 1. The van der Waals surface area contributed by atoms with Gasteiger partial charge < -0.3 is 20.1 Å². The lowest BCUT2D eigenvalue weighted by Crippen LogP contribution is -2.38. The Hall–Kier alpha value is -1.95. The number of esters is 1. The Balaban J connectivity index is 0.00000420. The first-order valence-electron chi connectivity index (χ1n) is 9.16. The average molecular weight is 533 g/mol. The van der Waals surface area contributed by atoms with Gasteiger partial charge in [-0.05, 0) is 39.3 Å². The average Bonchev–Trinajstić information content (AvgIpc) is 3.08. The monoisotopic (exact) mass is 533 g/mol. The van der Waals surface area contributed by atoms with Gasteiger partial charge in [-0.3, -0.25) is 0 Å². The molecule has 10 heteroatoms. The Kier molecular flexibility index (Phi) is 10.9. The zero-order chi connectivity index (χ0) is 20.5. The van der Waals surface area contributed by atoms with Gasteiger partial charge in [-0.25, -0.2) is 19.8 Å². The van der Waals surface area contributed by atoms with E-state index in [0.29, 0.717) is 35.6 Å². The number of hydrogen-bond donors (Lipinski definition) is 2. The Morgan fingerprint density at radius 1 is 1.38 bits per heavy atom. The number of pyridine rings is 1. The summed E-state index contributed by atoms with van der Waals surface area (Å²) in [6.07, 6.45) is 1.70. The fourth-order valence-electron chi connectivity index (χ4n) is 2.41. The minimum absolute atomic E-state index is 0. The number of carbonyl (C=O) groups excluding carboxylic acids is 1. The SMILES string of the molecule is CCNC(=NCc1ccnc(OC)c1)NC(C)c1nc(C)c(C(=O)OCC)s1.I. The fourth-order valence-corrected chi connectivity index (χ4v) is 3.37. The molecule has 0 aliphatic rings. The molecule has 2 N–H and O–H groups in total. The van der Waals surface area contributed by atoms with E-state index >= 15 is 0 Å². The van der Waals surface area contributed by atoms with Crippen LogP contribution >= 0.6 is 35.3 Å². The normalized spacial score (nSPS) is 12.0. The molecule has 0 spiro atoms. The van der Waals surface area contributed by atoms with Crippen molar-refractivity contribution in [3.8, 4) is 5.88 Å². The predicted octanol–water partition coefficient (Wildman–Crippen LogP) is 3.47. The molecule has 2 rings (SSSR count). The fraction of sp³-hybridized carbons (Fsp3) is 0.474. The molecular weight excluding hydrogens is 505 g/mol. The smallest absolute Gasteiger partial charge is 0.350 e. The van der Waals surface area contributed by atoms with Gasteiger partial charge in [0, 0.05) is 18.8 Å². The minimum Gasteiger partial charge on any atom is -0.481 e. The van der Waals surface area contributed by atoms with E-state index in [0.717, 1.165) is 17.1 Å². The van der Waals surface area contributed by atoms with Crippen LogP contribution in [0.3, 0.4) is 0 Å². The molecule has 0 radical (unpaired) electrons. The lowest BCUT2D eigenvalue weighted by Gasteiger charge is -2.16. The van der Waals surface area contributed by atoms with Crippen LogP contribution in [0.15, 0.2) is 23.3 Å². The largest absolute Gasteiger partial charge is 0.481 e. The number of halogens is 1. The second-order valence-electron chi connectivity index (χ2n) is 5.95. The van der Waals surface area contributed by atoms with Crippen molar-refractivity contribution in [2.45, 2.75) is 40.3 Å². The van der Waals surface area contributed by atoms with E-state index < -0.39 is 0 Å². The lowest BCUT2D eigenvalue weighted by atomic mass is 10.3. The predicted molar refractivity (Wildman–Crippen MR) is 125 cm³/mol. The molecule has 2 aromatic heterocycles. The first-order valence-corrected chi connectivity index (χ1v) is 9.98. The van der Waals surface area contributed by atoms with Crippen molar-refractivity contribution < 1.29 is 14.3 Å². The molecular formula is C19H28IN5O3S. The summed E-state index contributed by atoms with van der Waals surface area (Å²) in [5.41, 5.74) is 1.67. The van der Waals surface area contributed by atoms with Crippen molar-refractivity contribution in [3.63, 3.8) is 0 Å². The highest BCUT2D eigenvalue weighted by Gasteiger charge is 2.20. The zero-order valence-electron chi connectivity index (χ0n) is 17.3. The Bertz CT molecular complexity index is 828. The lowest BCUT2D eigenvalue weighted by molar-refractivity contribution is 0.0531. The van der Waals surface area contributed by atoms with Crippen LogP contribution in [0.1, 0.15) is 52.7 Å². The molecule has 0 fully saturated rings. The van der Waals surface area contributed by atoms with Gasteiger partial charge in [0.15, 0.2) is 5.96 Å². The number of hydrogen-bond acceptors (Lipinski definition) is 7. The van der Waals surface area contributed by atoms with Crippen LogP contribution in [-0.2, 0) is 11.3 Å². The third-order valence-corrected chi connectivity index (χ3v) is 5.09. The molecule has 1 atom stereocenters. The topological polar surface area (TPSA) is 97.7 Å². The van der Waals surface area contributed by atoms with Crippen LogP contribution in [0.4, 0.5) is 0 Å². The van der Waals surface area contributed by atoms with Crippen molar-refractivity contribution in [1.29, 1.82) is 0 Å². The second-order valence-corrected chi connectivity index (χ2v) is 6.99. The van der Waals surface area contributed by atoms with E-state index in [9.17, 15) is 4.79 Å². The van der Waals surface area contributed by atoms with E-state index in [1.54, 1.807) is 20.2 Å². The van der Waals surface area contributed by atoms with Gasteiger partial charge in [0.25, 0.3) is 0 Å². The molecule has 8 nitrogen and oxygen atoms in total. The van der Waals surface area contributed by atoms with Crippen LogP contribution in [0, 0.1) is 6.92 Å². The van der Waals surface area contributed by atoms with E-state index in [4.69, 9.17) is 9.47 Å². The van der Waals surface area contributed by atoms with Crippen molar-refractivity contribution in [3.05, 3.63) is 39.5 Å². The standard InChI is InChI=1S/C19H27N5O3S.HI/c1-6-20-19(22-11-14-8-9-21-15(10-14)26-5)24-13(4)17-23-12(3)16(28-17)18(25)27-7-2;/h8-10,13H,6-7,11H2,1-5H3,(H2,20,22,24);1H. The van der Waals surface area contributed by atoms with Crippen LogP contribution in [0.5, 0.6) is 5.88 Å². The highest BCUT2D eigenvalue weighted by Crippen LogP contribution is 2.24. The van der Waals surface area contributed by atoms with Gasteiger partial charge >= 0.3 is 5.97 Å². The number of ether oxygens (including phenoxy) is 2. The van der Waals surface area contributed by atoms with Crippen LogP contribution in [0.25, 0.3) is 0 Å². The molecule has 0 saturated heterocycles. The summed E-state index contributed by atoms with van der Waals surface area (Å²) in [5, 5.41) is 7.36. The molecule has 2 heterocycles. The minimum atomic E-state index is -0.330. The number of nitrogens with zero attached hydrogens (tertiary/aromatic N) is 3. The maximum Gasteiger partial charge on any atom is 0.350 e. The van der Waals surface area contributed by atoms with Crippen LogP contribution in [-0.4, -0.2) is 42.2 Å². The second kappa shape index (κ2) is 12.6. The molecule has 0 aliphatic carbocycles. The molecule has 1 unspecified atom stereocenters. The number of nitrogens with one attached hydrogen (secondary N) is 2. The summed E-state index contributed by atoms with van der Waals surface area (Å²) in [6, 6.07) is 3.64. The van der Waals surface area contributed by atoms with E-state index in [1.165, 1.54) is 11.3 Å². The van der Waals surface area contributed by atoms with Gasteiger partial charge in [0.05, 0.1) is 32.0 Å². The zero-order valence-corrected chi connectivity index (χ0v) is 20.5. The third-order valence-electron chi connectivity index (χ3n) is 3.77. The molecule has 2 aromatic rings. The van der Waals surface area contributed by atoms with Gasteiger partial charge in [-0.2, -0.15) is 0 Å². The molecule has 0 aliphatic heterocycles. The molecule has 29 heavy (non-hydrogen) atoms. The van der Waals surface area contributed by atoms with Gasteiger partial charge in [-0.1, -0.05) is 0 Å². The summed E-state index contributed by atoms with van der Waals surface area (Å²) in [7, 11) is 1.59. The maximum absolute atomic E-state index is 12.0. The Labute approximate surface area is 192 Å². The van der Waals surface area contributed by atoms with Crippen molar-refractivity contribution in [1.82, 2.24) is 20.6 Å². The van der Waals surface area contributed by atoms with Crippen molar-refractivity contribution in [2.75, 3.05) is 20.3 Å². The van der Waals surface area contributed by atoms with Gasteiger partial charge in [-0.15, -0.1) is 35.3 Å². The summed E-state index contributed by atoms with van der Waals surface area (Å²) >= 11 is 1.34. The number of aliphatic imine (C=N–C) groups is 1. The van der Waals surface area contributed by atoms with E-state index in [2.05, 4.69) is 25.6 Å². The van der Waals surface area contributed by atoms with Crippen LogP contribution < -0.4 is 15.4 Å². The molecule has 160 valence electrons. The summed E-state index contributed by atoms with van der Waals surface area (Å²) in [5.74, 6) is 0.892. The van der Waals surface area contributed by atoms with E-state index in [-0.39, 0.29) is 36.0 Å². The molecule has 0 aromatic carbocycles. The molecule has 0 amide bonds. The summed E-state index contributed by atoms with van der Waals surface area (Å²) in [6.45, 7) is 9.14. The highest BCUT2D eigenvalue weighted by atomic mass is 127. The summed E-state index contributed by atoms with van der Waals surface area (Å²) < 4.78 is 10.2. The Morgan fingerprint density at radius 2 is 2.14 bits per heavy atom. The number of rotatable bonds is 8. The summed E-state index contributed by atoms with van der Waals surface area (Å²) in [4.78, 5) is 25.8. The number of guanidine groups is 1. The highest BCUT2D eigenvalue weighted by molar-refractivity contribution is 14.0. The number of thiazole rings is 1. The van der Waals surface area contributed by atoms with Gasteiger partial charge in [0.2, 0.25) is 5.88 Å². The maximum atomic E-state index is 12.0. The number of methoxy groups -OCH3 is 1. The molecule has 0 bridgehead atoms. The first-order chi connectivity index (χ1) is 13.5. The molecule has 0 saturated carbocycles. The van der Waals surface area contributed by atoms with Crippen molar-refractivity contribution in [2.24, 2.45) is 4.99 Å². The first kappa shape index (κ1) is 25.1. The van der Waals surface area contributed by atoms with Crippen molar-refractivity contribution >= 4 is 47.2 Å². The third kappa shape index (κ3) is 7.42. The number of carbonyl (C=O) groups is 1. The number of aromatic nitrogens is 2. The van der Waals surface area contributed by atoms with Gasteiger partial charge in [0.1, 0.15) is 9.88 Å². The van der Waals surface area contributed by atoms with E-state index in [1.807, 2.05) is 32.9 Å². The Morgan fingerprint density at radius 3 is 2.79 bits per heavy atom.